The fourth-order valence-electron chi connectivity index (χ4n) is 1.98. The third-order valence-electron chi connectivity index (χ3n) is 2.99. The van der Waals surface area contributed by atoms with Crippen LogP contribution in [0.5, 0.6) is 0 Å². The van der Waals surface area contributed by atoms with Crippen LogP contribution in [0.3, 0.4) is 0 Å². The van der Waals surface area contributed by atoms with E-state index in [-0.39, 0.29) is 0 Å². The molecule has 0 unspecified atom stereocenters. The van der Waals surface area contributed by atoms with Crippen molar-refractivity contribution in [1.82, 2.24) is 9.78 Å². The molecule has 104 valence electrons. The van der Waals surface area contributed by atoms with Gasteiger partial charge in [-0.15, -0.1) is 11.8 Å². The summed E-state index contributed by atoms with van der Waals surface area (Å²) in [6.45, 7) is 2.05. The maximum absolute atomic E-state index is 4.36. The Morgan fingerprint density at radius 2 is 1.72 bits per heavy atom. The Labute approximate surface area is 124 Å². The number of alkyl halides is 1. The predicted molar refractivity (Wildman–Crippen MR) is 84.8 cm³/mol. The van der Waals surface area contributed by atoms with E-state index < -0.39 is 0 Å². The first-order chi connectivity index (χ1) is 8.74. The lowest BCUT2D eigenvalue weighted by Gasteiger charge is -2.02. The lowest BCUT2D eigenvalue weighted by molar-refractivity contribution is 0.605. The van der Waals surface area contributed by atoms with Gasteiger partial charge in [0.2, 0.25) is 0 Å². The summed E-state index contributed by atoms with van der Waals surface area (Å²) in [5, 5.41) is 6.82. The van der Waals surface area contributed by atoms with Crippen molar-refractivity contribution >= 4 is 27.7 Å². The molecule has 0 radical (unpaired) electrons. The van der Waals surface area contributed by atoms with Gasteiger partial charge in [0.25, 0.3) is 0 Å². The summed E-state index contributed by atoms with van der Waals surface area (Å²) < 4.78 is 1.99. The second-order valence-corrected chi connectivity index (χ2v) is 6.67. The van der Waals surface area contributed by atoms with Crippen LogP contribution in [0.4, 0.5) is 0 Å². The Bertz CT molecular complexity index is 326. The average Bonchev–Trinajstić information content (AvgIpc) is 2.66. The van der Waals surface area contributed by atoms with Crippen LogP contribution in [0, 0.1) is 6.92 Å². The van der Waals surface area contributed by atoms with Crippen molar-refractivity contribution in [3.63, 3.8) is 0 Å². The molecule has 0 fully saturated rings. The Morgan fingerprint density at radius 1 is 1.11 bits per heavy atom. The molecule has 0 N–H and O–H groups in total. The highest BCUT2D eigenvalue weighted by atomic mass is 79.9. The fraction of sp³-hybridized carbons (Fsp3) is 0.786. The Kier molecular flexibility index (Phi) is 8.86. The number of halogens is 1. The third kappa shape index (κ3) is 6.83. The number of aromatic nitrogens is 2. The van der Waals surface area contributed by atoms with Gasteiger partial charge in [-0.05, 0) is 31.6 Å². The number of hydrogen-bond acceptors (Lipinski definition) is 2. The zero-order valence-corrected chi connectivity index (χ0v) is 14.0. The van der Waals surface area contributed by atoms with E-state index in [0.717, 1.165) is 11.0 Å². The molecule has 0 bridgehead atoms. The van der Waals surface area contributed by atoms with E-state index in [9.17, 15) is 0 Å². The second-order valence-electron chi connectivity index (χ2n) is 4.76. The Balaban J connectivity index is 1.94. The minimum absolute atomic E-state index is 1.12. The van der Waals surface area contributed by atoms with Gasteiger partial charge in [0, 0.05) is 12.4 Å². The van der Waals surface area contributed by atoms with E-state index in [1.807, 2.05) is 23.5 Å². The van der Waals surface area contributed by atoms with Crippen LogP contribution in [-0.2, 0) is 7.05 Å². The molecule has 0 saturated heterocycles. The lowest BCUT2D eigenvalue weighted by atomic mass is 10.1. The molecule has 0 atom stereocenters. The van der Waals surface area contributed by atoms with Crippen molar-refractivity contribution in [2.24, 2.45) is 7.05 Å². The van der Waals surface area contributed by atoms with Crippen molar-refractivity contribution in [2.45, 2.75) is 56.9 Å². The van der Waals surface area contributed by atoms with E-state index in [1.54, 1.807) is 0 Å². The average molecular weight is 333 g/mol. The molecule has 0 spiro atoms. The standard InChI is InChI=1S/C14H25BrN2S/c1-13-12-14(17(2)16-13)18-11-9-7-5-3-4-6-8-10-15/h12H,3-11H2,1-2H3. The van der Waals surface area contributed by atoms with Crippen molar-refractivity contribution in [3.8, 4) is 0 Å². The molecule has 4 heteroatoms. The summed E-state index contributed by atoms with van der Waals surface area (Å²) in [5.41, 5.74) is 1.12. The molecule has 0 aromatic carbocycles. The van der Waals surface area contributed by atoms with Crippen molar-refractivity contribution < 1.29 is 0 Å². The van der Waals surface area contributed by atoms with Gasteiger partial charge in [0.1, 0.15) is 0 Å². The predicted octanol–water partition coefficient (Wildman–Crippen LogP) is 4.95. The molecule has 1 heterocycles. The van der Waals surface area contributed by atoms with Gasteiger partial charge in [-0.25, -0.2) is 0 Å². The minimum Gasteiger partial charge on any atom is -0.262 e. The first-order valence-corrected chi connectivity index (χ1v) is 9.04. The van der Waals surface area contributed by atoms with E-state index >= 15 is 0 Å². The van der Waals surface area contributed by atoms with E-state index in [2.05, 4.69) is 34.0 Å². The molecule has 0 amide bonds. The molecular weight excluding hydrogens is 308 g/mol. The summed E-state index contributed by atoms with van der Waals surface area (Å²) in [5.74, 6) is 1.22. The van der Waals surface area contributed by atoms with Crippen LogP contribution in [0.1, 0.15) is 50.6 Å². The first kappa shape index (κ1) is 16.1. The van der Waals surface area contributed by atoms with E-state index in [0.29, 0.717) is 0 Å². The molecule has 2 nitrogen and oxygen atoms in total. The maximum atomic E-state index is 4.36. The number of unbranched alkanes of at least 4 members (excludes halogenated alkanes) is 6. The quantitative estimate of drug-likeness (QED) is 0.343. The Hall–Kier alpha value is 0.0400. The number of thioether (sulfide) groups is 1. The normalized spacial score (nSPS) is 11.1. The zero-order chi connectivity index (χ0) is 13.2. The fourth-order valence-corrected chi connectivity index (χ4v) is 3.41. The van der Waals surface area contributed by atoms with Crippen LogP contribution in [0.25, 0.3) is 0 Å². The molecule has 0 aliphatic carbocycles. The van der Waals surface area contributed by atoms with Crippen LogP contribution in [0.15, 0.2) is 11.1 Å². The molecule has 1 aromatic heterocycles. The summed E-state index contributed by atoms with van der Waals surface area (Å²) >= 11 is 5.41. The monoisotopic (exact) mass is 332 g/mol. The van der Waals surface area contributed by atoms with E-state index in [1.165, 1.54) is 55.7 Å². The first-order valence-electron chi connectivity index (χ1n) is 6.93. The van der Waals surface area contributed by atoms with Gasteiger partial charge in [0.05, 0.1) is 10.7 Å². The van der Waals surface area contributed by atoms with Crippen molar-refractivity contribution in [2.75, 3.05) is 11.1 Å². The highest BCUT2D eigenvalue weighted by Crippen LogP contribution is 2.20. The summed E-state index contributed by atoms with van der Waals surface area (Å²) in [6, 6.07) is 2.17. The number of nitrogens with zero attached hydrogens (tertiary/aromatic N) is 2. The number of hydrogen-bond donors (Lipinski definition) is 0. The summed E-state index contributed by atoms with van der Waals surface area (Å²) in [4.78, 5) is 0. The second kappa shape index (κ2) is 9.90. The molecule has 0 aliphatic heterocycles. The highest BCUT2D eigenvalue weighted by molar-refractivity contribution is 9.09. The number of aryl methyl sites for hydroxylation is 2. The van der Waals surface area contributed by atoms with Gasteiger partial charge in [-0.1, -0.05) is 48.0 Å². The molecule has 1 aromatic rings. The molecular formula is C14H25BrN2S. The zero-order valence-electron chi connectivity index (χ0n) is 11.6. The largest absolute Gasteiger partial charge is 0.262 e. The van der Waals surface area contributed by atoms with E-state index in [4.69, 9.17) is 0 Å². The van der Waals surface area contributed by atoms with Gasteiger partial charge in [-0.3, -0.25) is 4.68 Å². The van der Waals surface area contributed by atoms with Gasteiger partial charge < -0.3 is 0 Å². The van der Waals surface area contributed by atoms with Gasteiger partial charge in [0.15, 0.2) is 0 Å². The SMILES string of the molecule is Cc1cc(SCCCCCCCCCBr)n(C)n1. The van der Waals surface area contributed by atoms with Crippen LogP contribution in [-0.4, -0.2) is 20.9 Å². The topological polar surface area (TPSA) is 17.8 Å². The van der Waals surface area contributed by atoms with Crippen molar-refractivity contribution in [1.29, 1.82) is 0 Å². The molecule has 18 heavy (non-hydrogen) atoms. The minimum atomic E-state index is 1.12. The smallest absolute Gasteiger partial charge is 0.0939 e. The summed E-state index contributed by atoms with van der Waals surface area (Å²) in [7, 11) is 2.03. The lowest BCUT2D eigenvalue weighted by Crippen LogP contribution is -1.93. The summed E-state index contributed by atoms with van der Waals surface area (Å²) in [6.07, 6.45) is 9.62. The van der Waals surface area contributed by atoms with Crippen molar-refractivity contribution in [3.05, 3.63) is 11.8 Å². The maximum Gasteiger partial charge on any atom is 0.0939 e. The van der Waals surface area contributed by atoms with Gasteiger partial charge in [-0.2, -0.15) is 5.10 Å². The highest BCUT2D eigenvalue weighted by Gasteiger charge is 2.01. The molecule has 0 saturated carbocycles. The van der Waals surface area contributed by atoms with Crippen LogP contribution in [0.2, 0.25) is 0 Å². The van der Waals surface area contributed by atoms with Crippen LogP contribution >= 0.6 is 27.7 Å². The molecule has 1 rings (SSSR count). The number of rotatable bonds is 10. The third-order valence-corrected chi connectivity index (χ3v) is 4.72. The molecule has 0 aliphatic rings. The van der Waals surface area contributed by atoms with Crippen LogP contribution < -0.4 is 0 Å². The van der Waals surface area contributed by atoms with Gasteiger partial charge >= 0.3 is 0 Å². The Morgan fingerprint density at radius 3 is 2.28 bits per heavy atom.